The normalized spacial score (nSPS) is 21.2. The number of aliphatic hydroxyl groups is 2. The molecule has 1 heterocycles. The number of fused-ring (bicyclic) bond motifs is 1. The quantitative estimate of drug-likeness (QED) is 0.286. The summed E-state index contributed by atoms with van der Waals surface area (Å²) in [5.74, 6) is -0.164. The molecule has 1 aliphatic carbocycles. The number of carbonyl (C=O) groups excluding carboxylic acids is 1. The summed E-state index contributed by atoms with van der Waals surface area (Å²) in [7, 11) is 0. The average Bonchev–Trinajstić information content (AvgIpc) is 3.30. The van der Waals surface area contributed by atoms with Crippen LogP contribution in [0.4, 0.5) is 4.79 Å². The maximum absolute atomic E-state index is 14.0. The van der Waals surface area contributed by atoms with Crippen LogP contribution in [0.25, 0.3) is 0 Å². The molecule has 3 aromatic carbocycles. The molecule has 0 saturated carbocycles. The molecule has 1 saturated heterocycles. The third-order valence-electron chi connectivity index (χ3n) is 9.31. The molecule has 0 radical (unpaired) electrons. The first-order chi connectivity index (χ1) is 21.0. The molecule has 0 unspecified atom stereocenters. The Morgan fingerprint density at radius 3 is 2.02 bits per heavy atom. The van der Waals surface area contributed by atoms with Crippen molar-refractivity contribution in [2.24, 2.45) is 0 Å². The van der Waals surface area contributed by atoms with Crippen molar-refractivity contribution in [3.63, 3.8) is 0 Å². The topological polar surface area (TPSA) is 113 Å². The lowest BCUT2D eigenvalue weighted by Crippen LogP contribution is -2.65. The van der Waals surface area contributed by atoms with Gasteiger partial charge in [-0.05, 0) is 68.7 Å². The second-order valence-corrected chi connectivity index (χ2v) is 13.3. The number of hydrogen-bond donors (Lipinski definition) is 4. The van der Waals surface area contributed by atoms with Crippen LogP contribution < -0.4 is 5.32 Å². The number of carbonyl (C=O) groups is 2. The number of piperidine rings is 1. The van der Waals surface area contributed by atoms with Crippen LogP contribution in [-0.2, 0) is 24.1 Å². The molecular formula is C36H45N3O5. The fourth-order valence-electron chi connectivity index (χ4n) is 7.03. The van der Waals surface area contributed by atoms with Crippen molar-refractivity contribution in [3.05, 3.63) is 107 Å². The van der Waals surface area contributed by atoms with Crippen molar-refractivity contribution in [2.45, 2.75) is 88.2 Å². The van der Waals surface area contributed by atoms with E-state index in [9.17, 15) is 24.9 Å². The van der Waals surface area contributed by atoms with Gasteiger partial charge < -0.3 is 20.6 Å². The van der Waals surface area contributed by atoms with Gasteiger partial charge in [0.15, 0.2) is 0 Å². The van der Waals surface area contributed by atoms with E-state index in [0.717, 1.165) is 22.3 Å². The average molecular weight is 600 g/mol. The van der Waals surface area contributed by atoms with E-state index in [1.807, 2.05) is 106 Å². The second-order valence-electron chi connectivity index (χ2n) is 13.3. The molecule has 0 bridgehead atoms. The van der Waals surface area contributed by atoms with Gasteiger partial charge in [0.25, 0.3) is 0 Å². The molecule has 0 spiro atoms. The predicted molar refractivity (Wildman–Crippen MR) is 170 cm³/mol. The first-order valence-corrected chi connectivity index (χ1v) is 15.6. The number of nitrogens with zero attached hydrogens (tertiary/aromatic N) is 2. The third kappa shape index (κ3) is 6.98. The molecule has 8 nitrogen and oxygen atoms in total. The number of amides is 2. The van der Waals surface area contributed by atoms with Crippen LogP contribution in [0.2, 0.25) is 0 Å². The molecule has 3 aromatic rings. The summed E-state index contributed by atoms with van der Waals surface area (Å²) in [4.78, 5) is 30.2. The zero-order chi connectivity index (χ0) is 31.5. The highest BCUT2D eigenvalue weighted by atomic mass is 16.4. The van der Waals surface area contributed by atoms with Crippen LogP contribution in [0.5, 0.6) is 0 Å². The number of aliphatic hydroxyl groups excluding tert-OH is 1. The highest BCUT2D eigenvalue weighted by Crippen LogP contribution is 2.36. The smallest absolute Gasteiger partial charge is 0.408 e. The number of nitrogens with one attached hydrogen (secondary N) is 1. The van der Waals surface area contributed by atoms with E-state index in [1.54, 1.807) is 0 Å². The van der Waals surface area contributed by atoms with Gasteiger partial charge in [-0.3, -0.25) is 14.6 Å². The minimum atomic E-state index is -1.29. The van der Waals surface area contributed by atoms with E-state index in [1.165, 1.54) is 4.90 Å². The van der Waals surface area contributed by atoms with Gasteiger partial charge in [0.05, 0.1) is 29.8 Å². The summed E-state index contributed by atoms with van der Waals surface area (Å²) in [5, 5.41) is 36.5. The van der Waals surface area contributed by atoms with Crippen LogP contribution >= 0.6 is 0 Å². The molecule has 1 fully saturated rings. The van der Waals surface area contributed by atoms with E-state index in [-0.39, 0.29) is 5.91 Å². The van der Waals surface area contributed by atoms with Crippen molar-refractivity contribution in [1.82, 2.24) is 15.1 Å². The maximum Gasteiger partial charge on any atom is 0.408 e. The summed E-state index contributed by atoms with van der Waals surface area (Å²) >= 11 is 0. The van der Waals surface area contributed by atoms with E-state index in [4.69, 9.17) is 0 Å². The lowest BCUT2D eigenvalue weighted by molar-refractivity contribution is -0.133. The number of carboxylic acid groups (broad SMARTS) is 1. The Morgan fingerprint density at radius 1 is 0.909 bits per heavy atom. The third-order valence-corrected chi connectivity index (χ3v) is 9.31. The van der Waals surface area contributed by atoms with E-state index < -0.39 is 41.5 Å². The van der Waals surface area contributed by atoms with Crippen LogP contribution in [0.1, 0.15) is 61.9 Å². The molecule has 8 heteroatoms. The van der Waals surface area contributed by atoms with Gasteiger partial charge in [-0.1, -0.05) is 84.9 Å². The molecule has 1 aliphatic heterocycles. The monoisotopic (exact) mass is 599 g/mol. The van der Waals surface area contributed by atoms with Gasteiger partial charge in [0, 0.05) is 25.0 Å². The van der Waals surface area contributed by atoms with Gasteiger partial charge in [-0.2, -0.15) is 0 Å². The van der Waals surface area contributed by atoms with Crippen molar-refractivity contribution < 1.29 is 24.9 Å². The Labute approximate surface area is 260 Å². The van der Waals surface area contributed by atoms with Crippen LogP contribution in [0, 0.1) is 0 Å². The van der Waals surface area contributed by atoms with E-state index in [2.05, 4.69) is 10.2 Å². The zero-order valence-electron chi connectivity index (χ0n) is 25.9. The van der Waals surface area contributed by atoms with Crippen molar-refractivity contribution in [2.75, 3.05) is 13.1 Å². The highest BCUT2D eigenvalue weighted by molar-refractivity contribution is 5.83. The summed E-state index contributed by atoms with van der Waals surface area (Å²) in [6.07, 6.45) is 0.234. The fraction of sp³-hybridized carbons (Fsp3) is 0.444. The Morgan fingerprint density at radius 2 is 1.45 bits per heavy atom. The summed E-state index contributed by atoms with van der Waals surface area (Å²) in [6.45, 7) is 6.41. The van der Waals surface area contributed by atoms with Gasteiger partial charge in [0.1, 0.15) is 0 Å². The van der Waals surface area contributed by atoms with E-state index >= 15 is 0 Å². The zero-order valence-corrected chi connectivity index (χ0v) is 25.9. The van der Waals surface area contributed by atoms with E-state index in [0.29, 0.717) is 45.2 Å². The number of benzene rings is 3. The molecule has 234 valence electrons. The van der Waals surface area contributed by atoms with Crippen molar-refractivity contribution in [1.29, 1.82) is 0 Å². The minimum Gasteiger partial charge on any atom is -0.465 e. The molecule has 4 atom stereocenters. The SMILES string of the molecule is CC(C)(C)N(C(=O)O)[C@@H](Cc1ccccc1)C1(O)CCN([C@@H](Cc2ccccc2)C(=O)N[C@H]2c3ccccc3C[C@H]2O)CC1. The molecule has 4 N–H and O–H groups in total. The van der Waals surface area contributed by atoms with Crippen molar-refractivity contribution in [3.8, 4) is 0 Å². The first-order valence-electron chi connectivity index (χ1n) is 15.6. The molecule has 2 amide bonds. The Balaban J connectivity index is 1.39. The largest absolute Gasteiger partial charge is 0.465 e. The summed E-state index contributed by atoms with van der Waals surface area (Å²) in [5.41, 5.74) is 1.95. The van der Waals surface area contributed by atoms with Crippen LogP contribution in [-0.4, -0.2) is 79.5 Å². The van der Waals surface area contributed by atoms with Gasteiger partial charge in [-0.15, -0.1) is 0 Å². The minimum absolute atomic E-state index is 0.164. The Kier molecular flexibility index (Phi) is 9.44. The lowest BCUT2D eigenvalue weighted by atomic mass is 9.78. The summed E-state index contributed by atoms with van der Waals surface area (Å²) in [6, 6.07) is 25.7. The molecule has 5 rings (SSSR count). The Bertz CT molecular complexity index is 1420. The fourth-order valence-corrected chi connectivity index (χ4v) is 7.03. The maximum atomic E-state index is 14.0. The van der Waals surface area contributed by atoms with Gasteiger partial charge in [-0.25, -0.2) is 4.79 Å². The molecule has 0 aromatic heterocycles. The number of hydrogen-bond acceptors (Lipinski definition) is 5. The number of likely N-dealkylation sites (tertiary alicyclic amines) is 1. The molecule has 2 aliphatic rings. The van der Waals surface area contributed by atoms with Gasteiger partial charge >= 0.3 is 6.09 Å². The van der Waals surface area contributed by atoms with Crippen LogP contribution in [0.15, 0.2) is 84.9 Å². The first kappa shape index (κ1) is 31.7. The Hall–Kier alpha value is -3.72. The lowest BCUT2D eigenvalue weighted by Gasteiger charge is -2.51. The van der Waals surface area contributed by atoms with Crippen LogP contribution in [0.3, 0.4) is 0 Å². The predicted octanol–water partition coefficient (Wildman–Crippen LogP) is 4.59. The molecular weight excluding hydrogens is 554 g/mol. The highest BCUT2D eigenvalue weighted by Gasteiger charge is 2.48. The van der Waals surface area contributed by atoms with Crippen molar-refractivity contribution >= 4 is 12.0 Å². The molecule has 44 heavy (non-hydrogen) atoms. The summed E-state index contributed by atoms with van der Waals surface area (Å²) < 4.78 is 0. The van der Waals surface area contributed by atoms with Gasteiger partial charge in [0.2, 0.25) is 5.91 Å². The number of rotatable bonds is 9. The second kappa shape index (κ2) is 13.1. The standard InChI is InChI=1S/C36H45N3O5/c1-35(2,3)39(34(42)43)31(23-26-14-8-5-9-15-26)36(44)18-20-38(21-19-36)29(22-25-12-6-4-7-13-25)33(41)37-32-28-17-11-10-16-27(28)24-30(32)40/h4-17,29-32,40,44H,18-24H2,1-3H3,(H,37,41)(H,42,43)/t29-,30+,31-,32-/m0/s1.